The number of phenols is 1. The summed E-state index contributed by atoms with van der Waals surface area (Å²) in [7, 11) is 0. The van der Waals surface area contributed by atoms with Gasteiger partial charge in [-0.05, 0) is 19.1 Å². The number of aliphatic hydroxyl groups excluding tert-OH is 4. The van der Waals surface area contributed by atoms with Crippen molar-refractivity contribution in [1.82, 2.24) is 0 Å². The van der Waals surface area contributed by atoms with Crippen LogP contribution >= 0.6 is 0 Å². The van der Waals surface area contributed by atoms with Gasteiger partial charge in [-0.2, -0.15) is 0 Å². The zero-order valence-corrected chi connectivity index (χ0v) is 11.2. The molecule has 0 aliphatic carbocycles. The zero-order valence-electron chi connectivity index (χ0n) is 11.2. The second kappa shape index (κ2) is 9.03. The van der Waals surface area contributed by atoms with Crippen LogP contribution in [0.5, 0.6) is 5.75 Å². The molecule has 8 heteroatoms. The van der Waals surface area contributed by atoms with Crippen LogP contribution in [0.15, 0.2) is 24.3 Å². The molecule has 118 valence electrons. The first-order valence-electron chi connectivity index (χ1n) is 5.86. The molecular formula is C13H18O8. The summed E-state index contributed by atoms with van der Waals surface area (Å²) in [5.74, 6) is -1.43. The highest BCUT2D eigenvalue weighted by Gasteiger charge is 2.33. The van der Waals surface area contributed by atoms with Gasteiger partial charge >= 0.3 is 5.97 Å². The summed E-state index contributed by atoms with van der Waals surface area (Å²) >= 11 is 0. The molecule has 0 fully saturated rings. The van der Waals surface area contributed by atoms with Crippen LogP contribution in [0.2, 0.25) is 0 Å². The van der Waals surface area contributed by atoms with Crippen LogP contribution in [0.1, 0.15) is 5.56 Å². The van der Waals surface area contributed by atoms with E-state index in [0.717, 1.165) is 0 Å². The number of phenolic OH excluding ortho intramolecular Hbond substituents is 1. The minimum atomic E-state index is -2.25. The fourth-order valence-electron chi connectivity index (χ4n) is 1.16. The molecule has 1 aromatic carbocycles. The van der Waals surface area contributed by atoms with E-state index < -0.39 is 30.4 Å². The summed E-state index contributed by atoms with van der Waals surface area (Å²) in [4.78, 5) is 20.0. The van der Waals surface area contributed by atoms with Gasteiger partial charge in [0.15, 0.2) is 12.4 Å². The van der Waals surface area contributed by atoms with Crippen LogP contribution in [0.3, 0.4) is 0 Å². The van der Waals surface area contributed by atoms with Crippen molar-refractivity contribution in [2.75, 3.05) is 0 Å². The number of carboxylic acids is 1. The van der Waals surface area contributed by atoms with Crippen molar-refractivity contribution in [1.29, 1.82) is 0 Å². The molecule has 0 aromatic heterocycles. The topological polar surface area (TPSA) is 156 Å². The molecule has 0 spiro atoms. The van der Waals surface area contributed by atoms with Crippen LogP contribution in [0.25, 0.3) is 0 Å². The smallest absolute Gasteiger partial charge is 0.335 e. The van der Waals surface area contributed by atoms with E-state index in [-0.39, 0.29) is 6.29 Å². The SMILES string of the molecule is Cc1ccc(O)cc1.O=CC(O)C(O)C(O)C(O)C(=O)O. The van der Waals surface area contributed by atoms with E-state index in [9.17, 15) is 9.59 Å². The van der Waals surface area contributed by atoms with Gasteiger partial charge in [-0.25, -0.2) is 4.79 Å². The Kier molecular flexibility index (Phi) is 8.17. The lowest BCUT2D eigenvalue weighted by Gasteiger charge is -2.21. The normalized spacial score (nSPS) is 15.9. The monoisotopic (exact) mass is 302 g/mol. The number of aromatic hydroxyl groups is 1. The average Bonchev–Trinajstić information content (AvgIpc) is 2.47. The molecule has 0 aliphatic heterocycles. The Hall–Kier alpha value is -2.00. The molecule has 6 N–H and O–H groups in total. The molecule has 0 radical (unpaired) electrons. The van der Waals surface area contributed by atoms with Crippen molar-refractivity contribution in [3.63, 3.8) is 0 Å². The number of carboxylic acid groups (broad SMARTS) is 1. The first-order chi connectivity index (χ1) is 9.70. The number of hydrogen-bond donors (Lipinski definition) is 6. The third-order valence-electron chi connectivity index (χ3n) is 2.45. The predicted molar refractivity (Wildman–Crippen MR) is 70.6 cm³/mol. The highest BCUT2D eigenvalue weighted by atomic mass is 16.4. The van der Waals surface area contributed by atoms with Gasteiger partial charge in [-0.3, -0.25) is 0 Å². The Bertz CT molecular complexity index is 423. The van der Waals surface area contributed by atoms with Crippen molar-refractivity contribution in [2.45, 2.75) is 31.3 Å². The molecule has 21 heavy (non-hydrogen) atoms. The maximum absolute atomic E-state index is 10.1. The Labute approximate surface area is 120 Å². The lowest BCUT2D eigenvalue weighted by atomic mass is 10.0. The molecule has 0 saturated heterocycles. The van der Waals surface area contributed by atoms with E-state index in [2.05, 4.69) is 0 Å². The van der Waals surface area contributed by atoms with E-state index in [0.29, 0.717) is 5.75 Å². The number of hydrogen-bond acceptors (Lipinski definition) is 7. The molecule has 4 unspecified atom stereocenters. The predicted octanol–water partition coefficient (Wildman–Crippen LogP) is -1.59. The maximum Gasteiger partial charge on any atom is 0.335 e. The van der Waals surface area contributed by atoms with Gasteiger partial charge in [-0.1, -0.05) is 17.7 Å². The Morgan fingerprint density at radius 2 is 1.52 bits per heavy atom. The third-order valence-corrected chi connectivity index (χ3v) is 2.45. The fourth-order valence-corrected chi connectivity index (χ4v) is 1.16. The van der Waals surface area contributed by atoms with Crippen molar-refractivity contribution in [3.05, 3.63) is 29.8 Å². The summed E-state index contributed by atoms with van der Waals surface area (Å²) in [6.45, 7) is 1.99. The minimum Gasteiger partial charge on any atom is -0.508 e. The van der Waals surface area contributed by atoms with Gasteiger partial charge in [0.25, 0.3) is 0 Å². The van der Waals surface area contributed by atoms with Crippen LogP contribution in [-0.2, 0) is 9.59 Å². The molecule has 4 atom stereocenters. The number of rotatable bonds is 5. The van der Waals surface area contributed by atoms with Gasteiger partial charge in [0.2, 0.25) is 0 Å². The average molecular weight is 302 g/mol. The van der Waals surface area contributed by atoms with E-state index >= 15 is 0 Å². The lowest BCUT2D eigenvalue weighted by molar-refractivity contribution is -0.163. The summed E-state index contributed by atoms with van der Waals surface area (Å²) in [5, 5.41) is 51.9. The molecule has 1 aromatic rings. The molecule has 0 aliphatic rings. The summed E-state index contributed by atoms with van der Waals surface area (Å²) in [5.41, 5.74) is 1.17. The van der Waals surface area contributed by atoms with E-state index in [1.54, 1.807) is 12.1 Å². The number of carbonyl (C=O) groups is 2. The summed E-state index contributed by atoms with van der Waals surface area (Å²) < 4.78 is 0. The standard InChI is InChI=1S/C7H8O.C6H10O7/c1-6-2-4-7(8)5-3-6;7-1-2(8)3(9)4(10)5(11)6(12)13/h2-5,8H,1H3;1-5,8-11H,(H,12,13). The number of carbonyl (C=O) groups excluding carboxylic acids is 1. The fraction of sp³-hybridized carbons (Fsp3) is 0.385. The molecular weight excluding hydrogens is 284 g/mol. The number of aliphatic carboxylic acids is 1. The van der Waals surface area contributed by atoms with Crippen LogP contribution in [0, 0.1) is 6.92 Å². The molecule has 0 bridgehead atoms. The molecule has 0 amide bonds. The Morgan fingerprint density at radius 3 is 1.86 bits per heavy atom. The van der Waals surface area contributed by atoms with Crippen LogP contribution in [-0.4, -0.2) is 67.3 Å². The van der Waals surface area contributed by atoms with Gasteiger partial charge in [0.1, 0.15) is 24.1 Å². The number of aliphatic hydroxyl groups is 4. The maximum atomic E-state index is 10.1. The van der Waals surface area contributed by atoms with Gasteiger partial charge in [0, 0.05) is 0 Å². The Balaban J connectivity index is 0.000000423. The summed E-state index contributed by atoms with van der Waals surface area (Å²) in [6, 6.07) is 7.09. The van der Waals surface area contributed by atoms with Crippen molar-refractivity contribution in [3.8, 4) is 5.75 Å². The second-order valence-corrected chi connectivity index (χ2v) is 4.23. The Morgan fingerprint density at radius 1 is 1.05 bits per heavy atom. The first-order valence-corrected chi connectivity index (χ1v) is 5.86. The van der Waals surface area contributed by atoms with Crippen molar-refractivity contribution in [2.24, 2.45) is 0 Å². The molecule has 8 nitrogen and oxygen atoms in total. The van der Waals surface area contributed by atoms with E-state index in [1.165, 1.54) is 5.56 Å². The second-order valence-electron chi connectivity index (χ2n) is 4.23. The van der Waals surface area contributed by atoms with Crippen LogP contribution < -0.4 is 0 Å². The minimum absolute atomic E-state index is 0.0809. The largest absolute Gasteiger partial charge is 0.508 e. The summed E-state index contributed by atoms with van der Waals surface area (Å²) in [6.07, 6.45) is -8.39. The number of aldehydes is 1. The van der Waals surface area contributed by atoms with Crippen molar-refractivity contribution >= 4 is 12.3 Å². The highest BCUT2D eigenvalue weighted by molar-refractivity contribution is 5.73. The zero-order chi connectivity index (χ0) is 16.6. The van der Waals surface area contributed by atoms with E-state index in [1.807, 2.05) is 19.1 Å². The highest BCUT2D eigenvalue weighted by Crippen LogP contribution is 2.07. The molecule has 0 saturated carbocycles. The number of benzene rings is 1. The van der Waals surface area contributed by atoms with Gasteiger partial charge in [-0.15, -0.1) is 0 Å². The van der Waals surface area contributed by atoms with Crippen molar-refractivity contribution < 1.29 is 40.2 Å². The quantitative estimate of drug-likeness (QED) is 0.356. The first kappa shape index (κ1) is 19.0. The number of aryl methyl sites for hydroxylation is 1. The molecule has 0 heterocycles. The molecule has 1 rings (SSSR count). The van der Waals surface area contributed by atoms with Gasteiger partial charge in [0.05, 0.1) is 0 Å². The lowest BCUT2D eigenvalue weighted by Crippen LogP contribution is -2.48. The van der Waals surface area contributed by atoms with Crippen LogP contribution in [0.4, 0.5) is 0 Å². The van der Waals surface area contributed by atoms with E-state index in [4.69, 9.17) is 30.6 Å². The van der Waals surface area contributed by atoms with Gasteiger partial charge < -0.3 is 35.4 Å². The third kappa shape index (κ3) is 6.82.